The summed E-state index contributed by atoms with van der Waals surface area (Å²) in [6.45, 7) is 4.01. The third-order valence-electron chi connectivity index (χ3n) is 3.32. The van der Waals surface area contributed by atoms with Gasteiger partial charge in [-0.3, -0.25) is 4.68 Å². The van der Waals surface area contributed by atoms with Crippen molar-refractivity contribution in [1.29, 1.82) is 0 Å². The molecule has 0 amide bonds. The molecule has 1 aromatic rings. The van der Waals surface area contributed by atoms with Crippen molar-refractivity contribution >= 4 is 0 Å². The number of hydrogen-bond donors (Lipinski definition) is 1. The van der Waals surface area contributed by atoms with Crippen LogP contribution in [-0.4, -0.2) is 28.5 Å². The Hall–Kier alpha value is -0.870. The van der Waals surface area contributed by atoms with Gasteiger partial charge in [-0.2, -0.15) is 5.10 Å². The summed E-state index contributed by atoms with van der Waals surface area (Å²) in [5.74, 6) is 0. The Balaban J connectivity index is 1.85. The standard InChI is InChI=1S/C12H21N3O/c1-3-11(12-5-4-8-16-12)13-9-10-6-7-14-15(10)2/h6-7,11-13H,3-5,8-9H2,1-2H3. The number of ether oxygens (including phenoxy) is 1. The first-order chi connectivity index (χ1) is 7.81. The van der Waals surface area contributed by atoms with Crippen LogP contribution in [0, 0.1) is 0 Å². The van der Waals surface area contributed by atoms with Gasteiger partial charge in [-0.05, 0) is 25.3 Å². The second-order valence-electron chi connectivity index (χ2n) is 4.39. The first kappa shape index (κ1) is 11.6. The Bertz CT molecular complexity index is 318. The van der Waals surface area contributed by atoms with Gasteiger partial charge in [0.05, 0.1) is 11.8 Å². The van der Waals surface area contributed by atoms with Gasteiger partial charge in [0.2, 0.25) is 0 Å². The van der Waals surface area contributed by atoms with Gasteiger partial charge in [-0.25, -0.2) is 0 Å². The average Bonchev–Trinajstić information content (AvgIpc) is 2.92. The number of aromatic nitrogens is 2. The summed E-state index contributed by atoms with van der Waals surface area (Å²) in [7, 11) is 1.98. The molecule has 2 unspecified atom stereocenters. The monoisotopic (exact) mass is 223 g/mol. The predicted molar refractivity (Wildman–Crippen MR) is 63.1 cm³/mol. The lowest BCUT2D eigenvalue weighted by Crippen LogP contribution is -2.38. The molecule has 0 spiro atoms. The maximum atomic E-state index is 5.72. The second-order valence-corrected chi connectivity index (χ2v) is 4.39. The Kier molecular flexibility index (Phi) is 3.96. The number of nitrogens with zero attached hydrogens (tertiary/aromatic N) is 2. The minimum atomic E-state index is 0.401. The van der Waals surface area contributed by atoms with Crippen LogP contribution < -0.4 is 5.32 Å². The zero-order valence-corrected chi connectivity index (χ0v) is 10.1. The topological polar surface area (TPSA) is 39.1 Å². The maximum Gasteiger partial charge on any atom is 0.0728 e. The fraction of sp³-hybridized carbons (Fsp3) is 0.750. The quantitative estimate of drug-likeness (QED) is 0.821. The summed E-state index contributed by atoms with van der Waals surface area (Å²) >= 11 is 0. The SMILES string of the molecule is CCC(NCc1ccnn1C)C1CCCO1. The van der Waals surface area contributed by atoms with Crippen molar-refractivity contribution in [3.05, 3.63) is 18.0 Å². The second kappa shape index (κ2) is 5.46. The molecule has 2 atom stereocenters. The Morgan fingerprint density at radius 1 is 1.69 bits per heavy atom. The molecule has 0 bridgehead atoms. The summed E-state index contributed by atoms with van der Waals surface area (Å²) in [5.41, 5.74) is 1.22. The lowest BCUT2D eigenvalue weighted by Gasteiger charge is -2.22. The summed E-state index contributed by atoms with van der Waals surface area (Å²) in [6.07, 6.45) is 5.75. The minimum Gasteiger partial charge on any atom is -0.377 e. The van der Waals surface area contributed by atoms with Crippen LogP contribution in [0.25, 0.3) is 0 Å². The number of aryl methyl sites for hydroxylation is 1. The van der Waals surface area contributed by atoms with E-state index in [1.54, 1.807) is 0 Å². The zero-order chi connectivity index (χ0) is 11.4. The van der Waals surface area contributed by atoms with E-state index < -0.39 is 0 Å². The van der Waals surface area contributed by atoms with Crippen LogP contribution >= 0.6 is 0 Å². The molecular formula is C12H21N3O. The van der Waals surface area contributed by atoms with Gasteiger partial charge in [0.15, 0.2) is 0 Å². The Morgan fingerprint density at radius 3 is 3.12 bits per heavy atom. The van der Waals surface area contributed by atoms with Gasteiger partial charge in [0.1, 0.15) is 0 Å². The summed E-state index contributed by atoms with van der Waals surface area (Å²) in [6, 6.07) is 2.52. The van der Waals surface area contributed by atoms with E-state index in [2.05, 4.69) is 23.4 Å². The first-order valence-electron chi connectivity index (χ1n) is 6.13. The van der Waals surface area contributed by atoms with Gasteiger partial charge in [0.25, 0.3) is 0 Å². The Morgan fingerprint density at radius 2 is 2.56 bits per heavy atom. The fourth-order valence-corrected chi connectivity index (χ4v) is 2.27. The van der Waals surface area contributed by atoms with Gasteiger partial charge in [-0.15, -0.1) is 0 Å². The molecule has 0 saturated carbocycles. The molecule has 1 aliphatic heterocycles. The van der Waals surface area contributed by atoms with Crippen molar-refractivity contribution in [2.75, 3.05) is 6.61 Å². The molecule has 1 aliphatic rings. The zero-order valence-electron chi connectivity index (χ0n) is 10.1. The molecule has 90 valence electrons. The van der Waals surface area contributed by atoms with E-state index in [0.29, 0.717) is 12.1 Å². The highest BCUT2D eigenvalue weighted by Gasteiger charge is 2.24. The van der Waals surface area contributed by atoms with Crippen LogP contribution in [0.15, 0.2) is 12.3 Å². The van der Waals surface area contributed by atoms with Crippen molar-refractivity contribution < 1.29 is 4.74 Å². The molecule has 1 fully saturated rings. The molecule has 2 rings (SSSR count). The van der Waals surface area contributed by atoms with Crippen LogP contribution in [0.2, 0.25) is 0 Å². The first-order valence-corrected chi connectivity index (χ1v) is 6.13. The predicted octanol–water partition coefficient (Wildman–Crippen LogP) is 1.47. The lowest BCUT2D eigenvalue weighted by molar-refractivity contribution is 0.0762. The normalized spacial score (nSPS) is 22.5. The molecule has 1 N–H and O–H groups in total. The molecule has 4 heteroatoms. The van der Waals surface area contributed by atoms with Gasteiger partial charge >= 0.3 is 0 Å². The largest absolute Gasteiger partial charge is 0.377 e. The molecule has 16 heavy (non-hydrogen) atoms. The summed E-state index contributed by atoms with van der Waals surface area (Å²) < 4.78 is 7.63. The molecule has 0 radical (unpaired) electrons. The third-order valence-corrected chi connectivity index (χ3v) is 3.32. The fourth-order valence-electron chi connectivity index (χ4n) is 2.27. The number of hydrogen-bond acceptors (Lipinski definition) is 3. The number of rotatable bonds is 5. The van der Waals surface area contributed by atoms with Gasteiger partial charge < -0.3 is 10.1 Å². The molecule has 4 nitrogen and oxygen atoms in total. The van der Waals surface area contributed by atoms with E-state index in [9.17, 15) is 0 Å². The highest BCUT2D eigenvalue weighted by Crippen LogP contribution is 2.17. The van der Waals surface area contributed by atoms with Crippen LogP contribution in [0.4, 0.5) is 0 Å². The highest BCUT2D eigenvalue weighted by molar-refractivity contribution is 4.99. The van der Waals surface area contributed by atoms with E-state index in [1.807, 2.05) is 17.9 Å². The smallest absolute Gasteiger partial charge is 0.0728 e. The van der Waals surface area contributed by atoms with Gasteiger partial charge in [-0.1, -0.05) is 6.92 Å². The van der Waals surface area contributed by atoms with E-state index >= 15 is 0 Å². The minimum absolute atomic E-state index is 0.401. The van der Waals surface area contributed by atoms with Crippen molar-refractivity contribution in [2.24, 2.45) is 7.05 Å². The summed E-state index contributed by atoms with van der Waals surface area (Å²) in [5, 5.41) is 7.73. The van der Waals surface area contributed by atoms with Crippen molar-refractivity contribution in [3.63, 3.8) is 0 Å². The van der Waals surface area contributed by atoms with Gasteiger partial charge in [0, 0.05) is 32.4 Å². The van der Waals surface area contributed by atoms with Crippen LogP contribution in [-0.2, 0) is 18.3 Å². The van der Waals surface area contributed by atoms with E-state index in [0.717, 1.165) is 19.6 Å². The van der Waals surface area contributed by atoms with E-state index in [1.165, 1.54) is 18.5 Å². The maximum absolute atomic E-state index is 5.72. The molecule has 0 aromatic carbocycles. The highest BCUT2D eigenvalue weighted by atomic mass is 16.5. The lowest BCUT2D eigenvalue weighted by atomic mass is 10.1. The molecule has 0 aliphatic carbocycles. The van der Waals surface area contributed by atoms with Crippen LogP contribution in [0.5, 0.6) is 0 Å². The molecular weight excluding hydrogens is 202 g/mol. The van der Waals surface area contributed by atoms with Crippen molar-refractivity contribution in [2.45, 2.75) is 44.9 Å². The van der Waals surface area contributed by atoms with Crippen molar-refractivity contribution in [1.82, 2.24) is 15.1 Å². The summed E-state index contributed by atoms with van der Waals surface area (Å²) in [4.78, 5) is 0. The van der Waals surface area contributed by atoms with Crippen LogP contribution in [0.1, 0.15) is 31.9 Å². The van der Waals surface area contributed by atoms with Crippen LogP contribution in [0.3, 0.4) is 0 Å². The molecule has 1 aromatic heterocycles. The molecule has 1 saturated heterocycles. The average molecular weight is 223 g/mol. The molecule has 2 heterocycles. The third kappa shape index (κ3) is 2.62. The Labute approximate surface area is 97.0 Å². The van der Waals surface area contributed by atoms with E-state index in [4.69, 9.17) is 4.74 Å². The number of nitrogens with one attached hydrogen (secondary N) is 1. The van der Waals surface area contributed by atoms with E-state index in [-0.39, 0.29) is 0 Å². The van der Waals surface area contributed by atoms with Crippen molar-refractivity contribution in [3.8, 4) is 0 Å².